The summed E-state index contributed by atoms with van der Waals surface area (Å²) in [4.78, 5) is 12.9. The fraction of sp³-hybridized carbons (Fsp3) is 0.562. The first-order valence-corrected chi connectivity index (χ1v) is 8.01. The van der Waals surface area contributed by atoms with E-state index in [-0.39, 0.29) is 5.97 Å². The number of thioether (sulfide) groups is 1. The quantitative estimate of drug-likeness (QED) is 0.475. The summed E-state index contributed by atoms with van der Waals surface area (Å²) in [6.07, 6.45) is 1.53. The Hall–Kier alpha value is -1.00. The standard InChI is InChI=1S/C16H25NO2S/c1-5-19-15(18)16(4,17)9-6-10-20-14-8-7-12(2)13(3)11-14/h7-8,11H,5-6,9-10,17H2,1-4H3. The van der Waals surface area contributed by atoms with Gasteiger partial charge in [-0.2, -0.15) is 0 Å². The number of carbonyl (C=O) groups excluding carboxylic acids is 1. The van der Waals surface area contributed by atoms with Crippen molar-refractivity contribution in [2.75, 3.05) is 12.4 Å². The van der Waals surface area contributed by atoms with Crippen LogP contribution in [-0.4, -0.2) is 23.9 Å². The summed E-state index contributed by atoms with van der Waals surface area (Å²) in [5.41, 5.74) is 7.73. The Morgan fingerprint density at radius 1 is 1.35 bits per heavy atom. The number of hydrogen-bond donors (Lipinski definition) is 1. The van der Waals surface area contributed by atoms with Gasteiger partial charge in [-0.05, 0) is 69.5 Å². The summed E-state index contributed by atoms with van der Waals surface area (Å²) in [6, 6.07) is 6.48. The zero-order valence-corrected chi connectivity index (χ0v) is 13.7. The lowest BCUT2D eigenvalue weighted by molar-refractivity contribution is -0.149. The molecule has 112 valence electrons. The molecule has 20 heavy (non-hydrogen) atoms. The summed E-state index contributed by atoms with van der Waals surface area (Å²) in [5, 5.41) is 0. The van der Waals surface area contributed by atoms with Crippen molar-refractivity contribution in [3.8, 4) is 0 Å². The third-order valence-electron chi connectivity index (χ3n) is 3.33. The van der Waals surface area contributed by atoms with Crippen LogP contribution < -0.4 is 5.73 Å². The van der Waals surface area contributed by atoms with E-state index in [0.717, 1.165) is 12.2 Å². The number of hydrogen-bond acceptors (Lipinski definition) is 4. The van der Waals surface area contributed by atoms with Crippen LogP contribution in [0.3, 0.4) is 0 Å². The first kappa shape index (κ1) is 17.1. The molecule has 1 aromatic carbocycles. The van der Waals surface area contributed by atoms with Gasteiger partial charge in [0.2, 0.25) is 0 Å². The van der Waals surface area contributed by atoms with Crippen molar-refractivity contribution in [1.29, 1.82) is 0 Å². The van der Waals surface area contributed by atoms with Crippen LogP contribution in [0.5, 0.6) is 0 Å². The number of nitrogens with two attached hydrogens (primary N) is 1. The van der Waals surface area contributed by atoms with Crippen molar-refractivity contribution in [3.63, 3.8) is 0 Å². The number of esters is 1. The lowest BCUT2D eigenvalue weighted by Gasteiger charge is -2.21. The Labute approximate surface area is 126 Å². The Balaban J connectivity index is 2.37. The monoisotopic (exact) mass is 295 g/mol. The molecular formula is C16H25NO2S. The van der Waals surface area contributed by atoms with Crippen LogP contribution in [0.2, 0.25) is 0 Å². The molecule has 0 saturated heterocycles. The van der Waals surface area contributed by atoms with E-state index in [9.17, 15) is 4.79 Å². The number of benzene rings is 1. The molecule has 0 bridgehead atoms. The molecule has 4 heteroatoms. The molecule has 1 atom stereocenters. The minimum atomic E-state index is -0.875. The molecule has 2 N–H and O–H groups in total. The van der Waals surface area contributed by atoms with Gasteiger partial charge in [-0.1, -0.05) is 6.07 Å². The molecule has 0 fully saturated rings. The van der Waals surface area contributed by atoms with Crippen molar-refractivity contribution in [2.45, 2.75) is 51.0 Å². The van der Waals surface area contributed by atoms with Crippen molar-refractivity contribution in [3.05, 3.63) is 29.3 Å². The maximum Gasteiger partial charge on any atom is 0.325 e. The van der Waals surface area contributed by atoms with Gasteiger partial charge in [0.15, 0.2) is 0 Å². The minimum absolute atomic E-state index is 0.309. The van der Waals surface area contributed by atoms with E-state index in [1.54, 1.807) is 25.6 Å². The predicted octanol–water partition coefficient (Wildman–Crippen LogP) is 3.46. The highest BCUT2D eigenvalue weighted by Gasteiger charge is 2.29. The van der Waals surface area contributed by atoms with E-state index in [1.165, 1.54) is 16.0 Å². The zero-order valence-electron chi connectivity index (χ0n) is 12.9. The van der Waals surface area contributed by atoms with E-state index in [4.69, 9.17) is 10.5 Å². The number of aryl methyl sites for hydroxylation is 2. The molecule has 0 heterocycles. The summed E-state index contributed by atoms with van der Waals surface area (Å²) < 4.78 is 4.98. The first-order valence-electron chi connectivity index (χ1n) is 7.03. The lowest BCUT2D eigenvalue weighted by Crippen LogP contribution is -2.46. The molecule has 0 aliphatic heterocycles. The molecule has 0 aliphatic carbocycles. The zero-order chi connectivity index (χ0) is 15.2. The van der Waals surface area contributed by atoms with E-state index in [1.807, 2.05) is 0 Å². The van der Waals surface area contributed by atoms with Crippen LogP contribution in [0.25, 0.3) is 0 Å². The van der Waals surface area contributed by atoms with Gasteiger partial charge in [-0.3, -0.25) is 4.79 Å². The molecule has 0 spiro atoms. The van der Waals surface area contributed by atoms with Crippen molar-refractivity contribution in [1.82, 2.24) is 0 Å². The molecule has 0 amide bonds. The van der Waals surface area contributed by atoms with Crippen LogP contribution >= 0.6 is 11.8 Å². The fourth-order valence-electron chi connectivity index (χ4n) is 1.83. The predicted molar refractivity (Wildman–Crippen MR) is 85.1 cm³/mol. The lowest BCUT2D eigenvalue weighted by atomic mass is 9.98. The highest BCUT2D eigenvalue weighted by Crippen LogP contribution is 2.23. The molecule has 0 saturated carbocycles. The van der Waals surface area contributed by atoms with Gasteiger partial charge >= 0.3 is 5.97 Å². The molecule has 1 aromatic rings. The Bertz CT molecular complexity index is 458. The van der Waals surface area contributed by atoms with Gasteiger partial charge in [0.1, 0.15) is 5.54 Å². The normalized spacial score (nSPS) is 13.8. The SMILES string of the molecule is CCOC(=O)C(C)(N)CCCSc1ccc(C)c(C)c1. The summed E-state index contributed by atoms with van der Waals surface area (Å²) in [6.45, 7) is 8.15. The molecule has 1 rings (SSSR count). The smallest absolute Gasteiger partial charge is 0.325 e. The molecule has 0 aromatic heterocycles. The van der Waals surface area contributed by atoms with E-state index < -0.39 is 5.54 Å². The van der Waals surface area contributed by atoms with Crippen LogP contribution in [0.15, 0.2) is 23.1 Å². The maximum atomic E-state index is 11.7. The van der Waals surface area contributed by atoms with Gasteiger partial charge in [-0.15, -0.1) is 11.8 Å². The number of ether oxygens (including phenoxy) is 1. The molecule has 1 unspecified atom stereocenters. The largest absolute Gasteiger partial charge is 0.465 e. The second kappa shape index (κ2) is 7.70. The topological polar surface area (TPSA) is 52.3 Å². The second-order valence-electron chi connectivity index (χ2n) is 5.34. The summed E-state index contributed by atoms with van der Waals surface area (Å²) in [7, 11) is 0. The third-order valence-corrected chi connectivity index (χ3v) is 4.41. The van der Waals surface area contributed by atoms with Crippen molar-refractivity contribution < 1.29 is 9.53 Å². The van der Waals surface area contributed by atoms with Crippen molar-refractivity contribution >= 4 is 17.7 Å². The average molecular weight is 295 g/mol. The van der Waals surface area contributed by atoms with Gasteiger partial charge in [0.25, 0.3) is 0 Å². The van der Waals surface area contributed by atoms with Gasteiger partial charge in [0.05, 0.1) is 6.61 Å². The number of carbonyl (C=O) groups is 1. The third kappa shape index (κ3) is 5.17. The van der Waals surface area contributed by atoms with E-state index >= 15 is 0 Å². The van der Waals surface area contributed by atoms with E-state index in [0.29, 0.717) is 13.0 Å². The highest BCUT2D eigenvalue weighted by molar-refractivity contribution is 7.99. The number of rotatable bonds is 7. The molecule has 0 radical (unpaired) electrons. The second-order valence-corrected chi connectivity index (χ2v) is 6.50. The van der Waals surface area contributed by atoms with Gasteiger partial charge in [-0.25, -0.2) is 0 Å². The first-order chi connectivity index (χ1) is 9.36. The Morgan fingerprint density at radius 3 is 2.65 bits per heavy atom. The molecular weight excluding hydrogens is 270 g/mol. The molecule has 3 nitrogen and oxygen atoms in total. The van der Waals surface area contributed by atoms with Crippen LogP contribution in [-0.2, 0) is 9.53 Å². The van der Waals surface area contributed by atoms with E-state index in [2.05, 4.69) is 32.0 Å². The summed E-state index contributed by atoms with van der Waals surface area (Å²) >= 11 is 1.80. The Morgan fingerprint density at radius 2 is 2.05 bits per heavy atom. The van der Waals surface area contributed by atoms with Crippen LogP contribution in [0.1, 0.15) is 37.8 Å². The Kier molecular flexibility index (Phi) is 6.56. The summed E-state index contributed by atoms with van der Waals surface area (Å²) in [5.74, 6) is 0.644. The highest BCUT2D eigenvalue weighted by atomic mass is 32.2. The van der Waals surface area contributed by atoms with Gasteiger partial charge in [0, 0.05) is 4.90 Å². The average Bonchev–Trinajstić information content (AvgIpc) is 2.39. The molecule has 0 aliphatic rings. The fourth-order valence-corrected chi connectivity index (χ4v) is 2.78. The van der Waals surface area contributed by atoms with Gasteiger partial charge < -0.3 is 10.5 Å². The van der Waals surface area contributed by atoms with Crippen molar-refractivity contribution in [2.24, 2.45) is 5.73 Å². The minimum Gasteiger partial charge on any atom is -0.465 e. The van der Waals surface area contributed by atoms with Crippen LogP contribution in [0.4, 0.5) is 0 Å². The van der Waals surface area contributed by atoms with Crippen LogP contribution in [0, 0.1) is 13.8 Å². The maximum absolute atomic E-state index is 11.7.